The van der Waals surface area contributed by atoms with Gasteiger partial charge in [-0.2, -0.15) is 0 Å². The van der Waals surface area contributed by atoms with Crippen LogP contribution >= 0.6 is 0 Å². The van der Waals surface area contributed by atoms with Crippen molar-refractivity contribution in [2.75, 3.05) is 10.0 Å². The van der Waals surface area contributed by atoms with Crippen LogP contribution in [0.15, 0.2) is 65.7 Å². The summed E-state index contributed by atoms with van der Waals surface area (Å²) in [6.45, 7) is 8.03. The van der Waals surface area contributed by atoms with Crippen molar-refractivity contribution in [2.45, 2.75) is 38.5 Å². The minimum atomic E-state index is -3.66. The SMILES string of the molecule is Cc1ccc(S(=O)(=O)Nc2ccc(Nc3ccc(C(C)C)cc3)nc2)c(C)c1. The first-order valence-corrected chi connectivity index (χ1v) is 10.7. The number of nitrogens with zero attached hydrogens (tertiary/aromatic N) is 1. The maximum atomic E-state index is 12.6. The van der Waals surface area contributed by atoms with Gasteiger partial charge in [0.25, 0.3) is 10.0 Å². The minimum Gasteiger partial charge on any atom is -0.340 e. The van der Waals surface area contributed by atoms with E-state index in [4.69, 9.17) is 0 Å². The average molecular weight is 396 g/mol. The van der Waals surface area contributed by atoms with Crippen LogP contribution in [0, 0.1) is 13.8 Å². The van der Waals surface area contributed by atoms with Crippen LogP contribution in [0.25, 0.3) is 0 Å². The van der Waals surface area contributed by atoms with Crippen LogP contribution in [0.4, 0.5) is 17.2 Å². The number of sulfonamides is 1. The lowest BCUT2D eigenvalue weighted by Crippen LogP contribution is -2.14. The van der Waals surface area contributed by atoms with Crippen molar-refractivity contribution in [3.8, 4) is 0 Å². The van der Waals surface area contributed by atoms with Crippen molar-refractivity contribution in [3.05, 3.63) is 77.5 Å². The van der Waals surface area contributed by atoms with E-state index in [0.29, 0.717) is 23.0 Å². The molecular formula is C22H25N3O2S. The van der Waals surface area contributed by atoms with Gasteiger partial charge in [-0.15, -0.1) is 0 Å². The van der Waals surface area contributed by atoms with E-state index in [9.17, 15) is 8.42 Å². The number of nitrogens with one attached hydrogen (secondary N) is 2. The van der Waals surface area contributed by atoms with Gasteiger partial charge in [0, 0.05) is 5.69 Å². The number of pyridine rings is 1. The van der Waals surface area contributed by atoms with Crippen molar-refractivity contribution in [3.63, 3.8) is 0 Å². The summed E-state index contributed by atoms with van der Waals surface area (Å²) in [5, 5.41) is 3.22. The predicted octanol–water partition coefficient (Wildman–Crippen LogP) is 5.37. The second kappa shape index (κ2) is 8.02. The van der Waals surface area contributed by atoms with Crippen molar-refractivity contribution in [1.29, 1.82) is 0 Å². The highest BCUT2D eigenvalue weighted by atomic mass is 32.2. The lowest BCUT2D eigenvalue weighted by atomic mass is 10.0. The second-order valence-electron chi connectivity index (χ2n) is 7.21. The van der Waals surface area contributed by atoms with Crippen molar-refractivity contribution < 1.29 is 8.42 Å². The molecule has 3 aromatic rings. The lowest BCUT2D eigenvalue weighted by Gasteiger charge is -2.12. The van der Waals surface area contributed by atoms with Crippen LogP contribution in [0.1, 0.15) is 36.5 Å². The van der Waals surface area contributed by atoms with E-state index >= 15 is 0 Å². The second-order valence-corrected chi connectivity index (χ2v) is 8.86. The Bertz CT molecular complexity index is 1060. The van der Waals surface area contributed by atoms with Crippen molar-refractivity contribution in [2.24, 2.45) is 0 Å². The Morgan fingerprint density at radius 3 is 2.14 bits per heavy atom. The van der Waals surface area contributed by atoms with Gasteiger partial charge in [0.15, 0.2) is 0 Å². The molecule has 28 heavy (non-hydrogen) atoms. The highest BCUT2D eigenvalue weighted by Crippen LogP contribution is 2.22. The molecule has 0 aliphatic carbocycles. The summed E-state index contributed by atoms with van der Waals surface area (Å²) < 4.78 is 27.9. The van der Waals surface area contributed by atoms with Gasteiger partial charge in [0.1, 0.15) is 5.82 Å². The predicted molar refractivity (Wildman–Crippen MR) is 115 cm³/mol. The fraction of sp³-hybridized carbons (Fsp3) is 0.227. The van der Waals surface area contributed by atoms with Gasteiger partial charge in [0.05, 0.1) is 16.8 Å². The molecule has 0 aliphatic heterocycles. The monoisotopic (exact) mass is 395 g/mol. The molecule has 0 atom stereocenters. The zero-order chi connectivity index (χ0) is 20.3. The summed E-state index contributed by atoms with van der Waals surface area (Å²) in [5.41, 5.74) is 4.36. The molecule has 3 rings (SSSR count). The number of rotatable bonds is 6. The quantitative estimate of drug-likeness (QED) is 0.589. The van der Waals surface area contributed by atoms with Crippen LogP contribution < -0.4 is 10.0 Å². The topological polar surface area (TPSA) is 71.1 Å². The maximum Gasteiger partial charge on any atom is 0.262 e. The summed E-state index contributed by atoms with van der Waals surface area (Å²) in [6.07, 6.45) is 1.51. The van der Waals surface area contributed by atoms with E-state index in [2.05, 4.69) is 41.0 Å². The Balaban J connectivity index is 1.71. The molecule has 0 saturated carbocycles. The molecule has 146 valence electrons. The molecule has 6 heteroatoms. The molecule has 1 aromatic heterocycles. The Labute approximate surface area is 166 Å². The summed E-state index contributed by atoms with van der Waals surface area (Å²) in [6, 6.07) is 16.9. The Morgan fingerprint density at radius 2 is 1.57 bits per heavy atom. The molecule has 0 fully saturated rings. The van der Waals surface area contributed by atoms with Crippen LogP contribution in [-0.4, -0.2) is 13.4 Å². The largest absolute Gasteiger partial charge is 0.340 e. The van der Waals surface area contributed by atoms with Crippen LogP contribution in [0.2, 0.25) is 0 Å². The molecule has 2 N–H and O–H groups in total. The first-order chi connectivity index (χ1) is 13.2. The number of anilines is 3. The third-order valence-electron chi connectivity index (χ3n) is 4.49. The van der Waals surface area contributed by atoms with Gasteiger partial charge < -0.3 is 5.32 Å². The molecule has 0 unspecified atom stereocenters. The third-order valence-corrected chi connectivity index (χ3v) is 6.03. The standard InChI is InChI=1S/C22H25N3O2S/c1-15(2)18-6-8-19(9-7-18)24-22-12-10-20(14-23-22)25-28(26,27)21-11-5-16(3)13-17(21)4/h5-15,25H,1-4H3,(H,23,24). The smallest absolute Gasteiger partial charge is 0.262 e. The van der Waals surface area contributed by atoms with Crippen molar-refractivity contribution in [1.82, 2.24) is 4.98 Å². The van der Waals surface area contributed by atoms with E-state index in [1.54, 1.807) is 31.2 Å². The van der Waals surface area contributed by atoms with Gasteiger partial charge in [-0.25, -0.2) is 13.4 Å². The Hall–Kier alpha value is -2.86. The van der Waals surface area contributed by atoms with E-state index in [0.717, 1.165) is 11.3 Å². The van der Waals surface area contributed by atoms with E-state index in [1.807, 2.05) is 25.1 Å². The summed E-state index contributed by atoms with van der Waals surface area (Å²) in [7, 11) is -3.66. The van der Waals surface area contributed by atoms with Crippen LogP contribution in [-0.2, 0) is 10.0 Å². The highest BCUT2D eigenvalue weighted by molar-refractivity contribution is 7.92. The molecule has 0 saturated heterocycles. The Kier molecular flexibility index (Phi) is 5.70. The molecule has 0 bridgehead atoms. The first kappa shape index (κ1) is 19.9. The fourth-order valence-corrected chi connectivity index (χ4v) is 4.21. The molecule has 0 spiro atoms. The van der Waals surface area contributed by atoms with E-state index in [1.165, 1.54) is 11.8 Å². The number of benzene rings is 2. The Morgan fingerprint density at radius 1 is 0.893 bits per heavy atom. The lowest BCUT2D eigenvalue weighted by molar-refractivity contribution is 0.600. The summed E-state index contributed by atoms with van der Waals surface area (Å²) in [5.74, 6) is 1.13. The average Bonchev–Trinajstić information content (AvgIpc) is 2.63. The highest BCUT2D eigenvalue weighted by Gasteiger charge is 2.17. The molecular weight excluding hydrogens is 370 g/mol. The molecule has 5 nitrogen and oxygen atoms in total. The minimum absolute atomic E-state index is 0.269. The number of aryl methyl sites for hydroxylation is 2. The normalized spacial score (nSPS) is 11.5. The van der Waals surface area contributed by atoms with Crippen molar-refractivity contribution >= 4 is 27.2 Å². The summed E-state index contributed by atoms with van der Waals surface area (Å²) >= 11 is 0. The van der Waals surface area contributed by atoms with Gasteiger partial charge in [-0.1, -0.05) is 43.7 Å². The first-order valence-electron chi connectivity index (χ1n) is 9.18. The molecule has 0 amide bonds. The van der Waals surface area contributed by atoms with E-state index in [-0.39, 0.29) is 4.90 Å². The van der Waals surface area contributed by atoms with Crippen LogP contribution in [0.5, 0.6) is 0 Å². The van der Waals surface area contributed by atoms with Gasteiger partial charge in [-0.3, -0.25) is 4.72 Å². The number of hydrogen-bond donors (Lipinski definition) is 2. The number of hydrogen-bond acceptors (Lipinski definition) is 4. The fourth-order valence-electron chi connectivity index (χ4n) is 2.94. The maximum absolute atomic E-state index is 12.6. The van der Waals surface area contributed by atoms with E-state index < -0.39 is 10.0 Å². The summed E-state index contributed by atoms with van der Waals surface area (Å²) in [4.78, 5) is 4.58. The van der Waals surface area contributed by atoms with Gasteiger partial charge in [-0.05, 0) is 61.2 Å². The molecule has 0 radical (unpaired) electrons. The van der Waals surface area contributed by atoms with Gasteiger partial charge >= 0.3 is 0 Å². The third kappa shape index (κ3) is 4.70. The molecule has 1 heterocycles. The number of aromatic nitrogens is 1. The molecule has 0 aliphatic rings. The van der Waals surface area contributed by atoms with Gasteiger partial charge in [0.2, 0.25) is 0 Å². The zero-order valence-corrected chi connectivity index (χ0v) is 17.3. The molecule has 2 aromatic carbocycles. The zero-order valence-electron chi connectivity index (χ0n) is 16.5. The van der Waals surface area contributed by atoms with Crippen LogP contribution in [0.3, 0.4) is 0 Å².